The smallest absolute Gasteiger partial charge is 0.204 e. The molecule has 0 saturated heterocycles. The summed E-state index contributed by atoms with van der Waals surface area (Å²) < 4.78 is 81.8. The molecule has 0 atom stereocenters. The number of benzene rings is 3. The van der Waals surface area contributed by atoms with Gasteiger partial charge in [0.05, 0.1) is 6.61 Å². The molecule has 3 aromatic carbocycles. The van der Waals surface area contributed by atoms with Crippen LogP contribution in [0.5, 0.6) is 11.5 Å². The molecule has 1 aliphatic carbocycles. The minimum absolute atomic E-state index is 0.0303. The summed E-state index contributed by atoms with van der Waals surface area (Å²) >= 11 is 0. The number of rotatable bonds is 7. The molecule has 4 rings (SSSR count). The van der Waals surface area contributed by atoms with Gasteiger partial charge in [-0.05, 0) is 91.8 Å². The second kappa shape index (κ2) is 10.7. The maximum absolute atomic E-state index is 14.9. The third-order valence-corrected chi connectivity index (χ3v) is 6.68. The van der Waals surface area contributed by atoms with Gasteiger partial charge in [-0.15, -0.1) is 0 Å². The normalized spacial score (nSPS) is 17.9. The van der Waals surface area contributed by atoms with E-state index in [1.165, 1.54) is 25.1 Å². The molecule has 0 aliphatic heterocycles. The number of ether oxygens (including phenoxy) is 2. The quantitative estimate of drug-likeness (QED) is 0.312. The van der Waals surface area contributed by atoms with Crippen molar-refractivity contribution >= 4 is 0 Å². The Kier molecular flexibility index (Phi) is 7.63. The van der Waals surface area contributed by atoms with Gasteiger partial charge in [0.1, 0.15) is 12.4 Å². The summed E-state index contributed by atoms with van der Waals surface area (Å²) in [5.74, 6) is -4.89. The van der Waals surface area contributed by atoms with Gasteiger partial charge in [-0.25, -0.2) is 13.2 Å². The molecule has 0 radical (unpaired) electrons. The lowest BCUT2D eigenvalue weighted by Crippen LogP contribution is -2.15. The fraction of sp³-hybridized carbons (Fsp3) is 0.357. The van der Waals surface area contributed by atoms with E-state index < -0.39 is 29.1 Å². The van der Waals surface area contributed by atoms with Crippen LogP contribution in [-0.4, -0.2) is 6.61 Å². The second-order valence-electron chi connectivity index (χ2n) is 8.92. The predicted molar refractivity (Wildman–Crippen MR) is 123 cm³/mol. The van der Waals surface area contributed by atoms with Crippen LogP contribution in [0.15, 0.2) is 42.5 Å². The Morgan fingerprint density at radius 2 is 1.26 bits per heavy atom. The predicted octanol–water partition coefficient (Wildman–Crippen LogP) is 8.11. The lowest BCUT2D eigenvalue weighted by Gasteiger charge is -2.29. The lowest BCUT2D eigenvalue weighted by atomic mass is 9.75. The van der Waals surface area contributed by atoms with Gasteiger partial charge in [0.25, 0.3) is 0 Å². The first kappa shape index (κ1) is 25.0. The summed E-state index contributed by atoms with van der Waals surface area (Å²) in [5, 5.41) is 0. The zero-order valence-corrected chi connectivity index (χ0v) is 19.6. The van der Waals surface area contributed by atoms with Crippen molar-refractivity contribution in [1.82, 2.24) is 0 Å². The van der Waals surface area contributed by atoms with E-state index in [1.807, 2.05) is 0 Å². The first-order valence-corrected chi connectivity index (χ1v) is 11.8. The van der Waals surface area contributed by atoms with E-state index in [4.69, 9.17) is 9.47 Å². The van der Waals surface area contributed by atoms with Gasteiger partial charge in [-0.3, -0.25) is 0 Å². The van der Waals surface area contributed by atoms with Crippen LogP contribution < -0.4 is 9.47 Å². The van der Waals surface area contributed by atoms with Crippen molar-refractivity contribution < 1.29 is 31.4 Å². The third-order valence-electron chi connectivity index (χ3n) is 6.68. The fourth-order valence-corrected chi connectivity index (χ4v) is 4.74. The van der Waals surface area contributed by atoms with E-state index in [0.29, 0.717) is 42.4 Å². The van der Waals surface area contributed by atoms with E-state index in [2.05, 4.69) is 0 Å². The van der Waals surface area contributed by atoms with Gasteiger partial charge in [0.15, 0.2) is 23.1 Å². The molecule has 186 valence electrons. The topological polar surface area (TPSA) is 18.5 Å². The van der Waals surface area contributed by atoms with Gasteiger partial charge in [-0.2, -0.15) is 8.78 Å². The molecule has 0 bridgehead atoms. The number of halogens is 5. The molecule has 0 unspecified atom stereocenters. The van der Waals surface area contributed by atoms with Crippen molar-refractivity contribution in [1.29, 1.82) is 0 Å². The highest BCUT2D eigenvalue weighted by atomic mass is 19.2. The van der Waals surface area contributed by atoms with Crippen molar-refractivity contribution in [2.24, 2.45) is 0 Å². The average molecular weight is 491 g/mol. The first-order chi connectivity index (χ1) is 16.8. The van der Waals surface area contributed by atoms with Gasteiger partial charge >= 0.3 is 0 Å². The standard InChI is InChI=1S/C28H27F5O2/c1-3-34-23-12-13-24(28(33)27(23)32)35-15-17-5-11-20(22(29)14-17)18-6-8-19(9-7-18)21-10-4-16(2)25(30)26(21)31/h4-5,10-14,18-19H,3,6-9,15H2,1-2H3. The SMILES string of the molecule is CCOc1ccc(OCc2ccc(C3CCC(c4ccc(C)c(F)c4F)CC3)c(F)c2)c(F)c1F. The van der Waals surface area contributed by atoms with Gasteiger partial charge in [-0.1, -0.05) is 24.3 Å². The molecule has 3 aromatic rings. The highest BCUT2D eigenvalue weighted by molar-refractivity contribution is 5.36. The maximum Gasteiger partial charge on any atom is 0.204 e. The van der Waals surface area contributed by atoms with Crippen molar-refractivity contribution in [3.63, 3.8) is 0 Å². The molecule has 1 fully saturated rings. The van der Waals surface area contributed by atoms with Crippen molar-refractivity contribution in [2.75, 3.05) is 6.61 Å². The molecule has 0 N–H and O–H groups in total. The molecule has 0 amide bonds. The summed E-state index contributed by atoms with van der Waals surface area (Å²) in [6, 6.07) is 10.5. The second-order valence-corrected chi connectivity index (χ2v) is 8.92. The Morgan fingerprint density at radius 1 is 0.686 bits per heavy atom. The molecule has 0 aromatic heterocycles. The molecule has 1 saturated carbocycles. The lowest BCUT2D eigenvalue weighted by molar-refractivity contribution is 0.273. The fourth-order valence-electron chi connectivity index (χ4n) is 4.74. The van der Waals surface area contributed by atoms with Crippen LogP contribution in [0.2, 0.25) is 0 Å². The third kappa shape index (κ3) is 5.29. The van der Waals surface area contributed by atoms with Crippen LogP contribution >= 0.6 is 0 Å². The van der Waals surface area contributed by atoms with Gasteiger partial charge in [0, 0.05) is 0 Å². The summed E-state index contributed by atoms with van der Waals surface area (Å²) in [4.78, 5) is 0. The van der Waals surface area contributed by atoms with E-state index in [-0.39, 0.29) is 42.1 Å². The van der Waals surface area contributed by atoms with Crippen LogP contribution in [0.4, 0.5) is 22.0 Å². The maximum atomic E-state index is 14.9. The molecular formula is C28H27F5O2. The number of hydrogen-bond donors (Lipinski definition) is 0. The van der Waals surface area contributed by atoms with E-state index in [0.717, 1.165) is 0 Å². The largest absolute Gasteiger partial charge is 0.491 e. The summed E-state index contributed by atoms with van der Waals surface area (Å²) in [7, 11) is 0. The molecule has 7 heteroatoms. The minimum atomic E-state index is -1.16. The van der Waals surface area contributed by atoms with E-state index in [1.54, 1.807) is 31.2 Å². The van der Waals surface area contributed by atoms with Crippen LogP contribution in [0.3, 0.4) is 0 Å². The zero-order chi connectivity index (χ0) is 25.1. The van der Waals surface area contributed by atoms with Gasteiger partial charge in [0.2, 0.25) is 11.6 Å². The zero-order valence-electron chi connectivity index (χ0n) is 19.6. The Bertz CT molecular complexity index is 1200. The van der Waals surface area contributed by atoms with Gasteiger partial charge < -0.3 is 9.47 Å². The number of aryl methyl sites for hydroxylation is 1. The van der Waals surface area contributed by atoms with Crippen LogP contribution in [-0.2, 0) is 6.61 Å². The van der Waals surface area contributed by atoms with Crippen LogP contribution in [0.1, 0.15) is 66.7 Å². The Hall–Kier alpha value is -3.09. The van der Waals surface area contributed by atoms with Crippen LogP contribution in [0.25, 0.3) is 0 Å². The van der Waals surface area contributed by atoms with Crippen molar-refractivity contribution in [3.8, 4) is 11.5 Å². The molecule has 0 spiro atoms. The molecule has 0 heterocycles. The Labute approximate surface area is 201 Å². The Morgan fingerprint density at radius 3 is 1.86 bits per heavy atom. The molecular weight excluding hydrogens is 463 g/mol. The summed E-state index contributed by atoms with van der Waals surface area (Å²) in [5.41, 5.74) is 1.70. The summed E-state index contributed by atoms with van der Waals surface area (Å²) in [6.45, 7) is 3.26. The minimum Gasteiger partial charge on any atom is -0.491 e. The van der Waals surface area contributed by atoms with Crippen LogP contribution in [0, 0.1) is 36.0 Å². The summed E-state index contributed by atoms with van der Waals surface area (Å²) in [6.07, 6.45) is 2.58. The average Bonchev–Trinajstić information content (AvgIpc) is 2.85. The van der Waals surface area contributed by atoms with E-state index in [9.17, 15) is 22.0 Å². The highest BCUT2D eigenvalue weighted by Gasteiger charge is 2.28. The first-order valence-electron chi connectivity index (χ1n) is 11.8. The monoisotopic (exact) mass is 490 g/mol. The highest BCUT2D eigenvalue weighted by Crippen LogP contribution is 2.42. The molecule has 2 nitrogen and oxygen atoms in total. The molecule has 35 heavy (non-hydrogen) atoms. The number of hydrogen-bond acceptors (Lipinski definition) is 2. The Balaban J connectivity index is 1.39. The van der Waals surface area contributed by atoms with Crippen molar-refractivity contribution in [2.45, 2.75) is 58.0 Å². The molecule has 1 aliphatic rings. The van der Waals surface area contributed by atoms with E-state index >= 15 is 0 Å². The van der Waals surface area contributed by atoms with Crippen molar-refractivity contribution in [3.05, 3.63) is 93.8 Å².